The van der Waals surface area contributed by atoms with Crippen LogP contribution in [0.25, 0.3) is 0 Å². The molecule has 0 aromatic carbocycles. The first-order valence-corrected chi connectivity index (χ1v) is 4.67. The molecule has 0 amide bonds. The molecule has 8 heteroatoms. The molecule has 0 aromatic rings. The molecule has 0 aromatic heterocycles. The Bertz CT molecular complexity index is 194. The topological polar surface area (TPSA) is 44.8 Å². The van der Waals surface area contributed by atoms with E-state index in [0.29, 0.717) is 0 Å². The molecular formula is C4H9CaCl2O4P. The molecule has 4 nitrogen and oxygen atoms in total. The van der Waals surface area contributed by atoms with Crippen LogP contribution in [0.15, 0.2) is 10.8 Å². The third-order valence-electron chi connectivity index (χ3n) is 0.718. The summed E-state index contributed by atoms with van der Waals surface area (Å²) >= 11 is 10.3. The van der Waals surface area contributed by atoms with Crippen LogP contribution in [-0.2, 0) is 18.1 Å². The van der Waals surface area contributed by atoms with Gasteiger partial charge >= 0.3 is 45.6 Å². The standard InChI is InChI=1S/C4H7Cl2O4P.Ca.2H/c1-8-11(7,9-2)10-3-4(5)6;;;/h3H,1-2H3;;;/q;+2;2*-1. The van der Waals surface area contributed by atoms with Gasteiger partial charge in [-0.15, -0.1) is 0 Å². The van der Waals surface area contributed by atoms with Crippen molar-refractivity contribution in [3.63, 3.8) is 0 Å². The Kier molecular flexibility index (Phi) is 10.5. The Balaban J connectivity index is -0.000000167. The van der Waals surface area contributed by atoms with Crippen molar-refractivity contribution >= 4 is 68.8 Å². The molecule has 70 valence electrons. The molecule has 0 rings (SSSR count). The zero-order valence-corrected chi connectivity index (χ0v) is 11.2. The van der Waals surface area contributed by atoms with Crippen LogP contribution in [0.3, 0.4) is 0 Å². The number of hydrogen-bond donors (Lipinski definition) is 0. The van der Waals surface area contributed by atoms with Crippen LogP contribution < -0.4 is 0 Å². The Morgan fingerprint density at radius 2 is 1.83 bits per heavy atom. The van der Waals surface area contributed by atoms with Gasteiger partial charge in [0, 0.05) is 14.2 Å². The number of hydrogen-bond acceptors (Lipinski definition) is 4. The van der Waals surface area contributed by atoms with Crippen LogP contribution in [-0.4, -0.2) is 52.0 Å². The summed E-state index contributed by atoms with van der Waals surface area (Å²) in [6.07, 6.45) is 0.872. The fourth-order valence-electron chi connectivity index (χ4n) is 0.265. The van der Waals surface area contributed by atoms with Gasteiger partial charge in [0.05, 0.1) is 0 Å². The fourth-order valence-corrected chi connectivity index (χ4v) is 1.03. The second-order valence-corrected chi connectivity index (χ2v) is 4.17. The minimum absolute atomic E-state index is 0. The Morgan fingerprint density at radius 1 is 1.42 bits per heavy atom. The largest absolute Gasteiger partial charge is 2.00 e. The van der Waals surface area contributed by atoms with Crippen LogP contribution in [0.1, 0.15) is 2.85 Å². The quantitative estimate of drug-likeness (QED) is 0.444. The summed E-state index contributed by atoms with van der Waals surface area (Å²) in [7, 11) is -1.12. The zero-order valence-electron chi connectivity index (χ0n) is 8.62. The van der Waals surface area contributed by atoms with Crippen molar-refractivity contribution in [2.75, 3.05) is 14.2 Å². The molecule has 0 bridgehead atoms. The minimum atomic E-state index is -3.48. The smallest absolute Gasteiger partial charge is 1.00 e. The molecule has 0 heterocycles. The summed E-state index contributed by atoms with van der Waals surface area (Å²) in [6, 6.07) is 0. The Hall–Kier alpha value is 1.53. The molecule has 0 radical (unpaired) electrons. The number of halogens is 2. The van der Waals surface area contributed by atoms with Gasteiger partial charge in [-0.2, -0.15) is 0 Å². The molecule has 0 saturated carbocycles. The van der Waals surface area contributed by atoms with Crippen molar-refractivity contribution in [3.05, 3.63) is 10.8 Å². The molecule has 0 saturated heterocycles. The SMILES string of the molecule is COP(=O)(OC)OC=C(Cl)Cl.[Ca+2].[H-].[H-]. The third-order valence-corrected chi connectivity index (χ3v) is 2.15. The van der Waals surface area contributed by atoms with Gasteiger partial charge in [0.15, 0.2) is 0 Å². The van der Waals surface area contributed by atoms with E-state index < -0.39 is 7.82 Å². The van der Waals surface area contributed by atoms with Crippen LogP contribution in [0.2, 0.25) is 0 Å². The summed E-state index contributed by atoms with van der Waals surface area (Å²) in [6.45, 7) is 0. The van der Waals surface area contributed by atoms with Crippen LogP contribution in [0.4, 0.5) is 0 Å². The monoisotopic (exact) mass is 262 g/mol. The van der Waals surface area contributed by atoms with Crippen LogP contribution >= 0.6 is 31.0 Å². The number of rotatable bonds is 4. The predicted molar refractivity (Wildman–Crippen MR) is 50.5 cm³/mol. The van der Waals surface area contributed by atoms with Crippen molar-refractivity contribution in [1.29, 1.82) is 0 Å². The van der Waals surface area contributed by atoms with Crippen molar-refractivity contribution in [3.8, 4) is 0 Å². The number of phosphoric acid groups is 1. The van der Waals surface area contributed by atoms with Crippen LogP contribution in [0.5, 0.6) is 0 Å². The molecule has 0 fully saturated rings. The first-order valence-electron chi connectivity index (χ1n) is 2.45. The normalized spacial score (nSPS) is 10.0. The van der Waals surface area contributed by atoms with E-state index in [2.05, 4.69) is 13.6 Å². The van der Waals surface area contributed by atoms with E-state index in [1.165, 1.54) is 14.2 Å². The van der Waals surface area contributed by atoms with E-state index in [9.17, 15) is 4.57 Å². The molecule has 0 aliphatic heterocycles. The summed E-state index contributed by atoms with van der Waals surface area (Å²) < 4.78 is 24.1. The first-order chi connectivity index (χ1) is 5.04. The average Bonchev–Trinajstić information content (AvgIpc) is 2.00. The molecule has 0 N–H and O–H groups in total. The van der Waals surface area contributed by atoms with Gasteiger partial charge in [0.1, 0.15) is 10.8 Å². The molecular weight excluding hydrogens is 254 g/mol. The summed E-state index contributed by atoms with van der Waals surface area (Å²) in [5.41, 5.74) is 0. The Labute approximate surface area is 114 Å². The molecule has 0 spiro atoms. The van der Waals surface area contributed by atoms with Gasteiger partial charge in [-0.1, -0.05) is 23.2 Å². The van der Waals surface area contributed by atoms with E-state index in [1.807, 2.05) is 0 Å². The molecule has 12 heavy (non-hydrogen) atoms. The van der Waals surface area contributed by atoms with Crippen molar-refractivity contribution < 1.29 is 21.0 Å². The summed E-state index contributed by atoms with van der Waals surface area (Å²) in [4.78, 5) is 0. The second-order valence-electron chi connectivity index (χ2n) is 1.33. The van der Waals surface area contributed by atoms with Gasteiger partial charge in [0.2, 0.25) is 0 Å². The minimum Gasteiger partial charge on any atom is -1.00 e. The first kappa shape index (κ1) is 16.0. The average molecular weight is 263 g/mol. The second kappa shape index (κ2) is 7.89. The van der Waals surface area contributed by atoms with Gasteiger partial charge in [0.25, 0.3) is 0 Å². The maximum absolute atomic E-state index is 11.0. The maximum atomic E-state index is 11.0. The molecule has 0 atom stereocenters. The summed E-state index contributed by atoms with van der Waals surface area (Å²) in [5.74, 6) is 0. The molecule has 0 unspecified atom stereocenters. The maximum Gasteiger partial charge on any atom is 2.00 e. The predicted octanol–water partition coefficient (Wildman–Crippen LogP) is 2.52. The van der Waals surface area contributed by atoms with Gasteiger partial charge in [-0.3, -0.25) is 9.05 Å². The van der Waals surface area contributed by atoms with Crippen molar-refractivity contribution in [1.82, 2.24) is 0 Å². The van der Waals surface area contributed by atoms with E-state index >= 15 is 0 Å². The molecule has 0 aliphatic carbocycles. The third kappa shape index (κ3) is 6.98. The van der Waals surface area contributed by atoms with E-state index in [-0.39, 0.29) is 45.1 Å². The zero-order chi connectivity index (χ0) is 8.91. The van der Waals surface area contributed by atoms with E-state index in [0.717, 1.165) is 6.26 Å². The van der Waals surface area contributed by atoms with E-state index in [1.54, 1.807) is 0 Å². The van der Waals surface area contributed by atoms with Gasteiger partial charge in [-0.05, 0) is 0 Å². The van der Waals surface area contributed by atoms with Crippen molar-refractivity contribution in [2.45, 2.75) is 0 Å². The fraction of sp³-hybridized carbons (Fsp3) is 0.500. The van der Waals surface area contributed by atoms with Crippen LogP contribution in [0, 0.1) is 0 Å². The van der Waals surface area contributed by atoms with Crippen molar-refractivity contribution in [2.24, 2.45) is 0 Å². The number of phosphoric ester groups is 1. The molecule has 0 aliphatic rings. The summed E-state index contributed by atoms with van der Waals surface area (Å²) in [5, 5.41) is 0. The van der Waals surface area contributed by atoms with Gasteiger partial charge < -0.3 is 7.38 Å². The van der Waals surface area contributed by atoms with E-state index in [4.69, 9.17) is 23.2 Å². The Morgan fingerprint density at radius 3 is 2.08 bits per heavy atom. The van der Waals surface area contributed by atoms with Gasteiger partial charge in [-0.25, -0.2) is 4.57 Å².